The zero-order valence-electron chi connectivity index (χ0n) is 10.5. The van der Waals surface area contributed by atoms with Crippen LogP contribution in [-0.4, -0.2) is 5.97 Å². The van der Waals surface area contributed by atoms with Gasteiger partial charge in [-0.25, -0.2) is 4.79 Å². The minimum absolute atomic E-state index is 0.269. The molecule has 2 N–H and O–H groups in total. The van der Waals surface area contributed by atoms with Crippen LogP contribution in [0.15, 0.2) is 30.3 Å². The number of rotatable bonds is 4. The highest BCUT2D eigenvalue weighted by Gasteiger charge is 2.12. The van der Waals surface area contributed by atoms with Crippen LogP contribution in [0.3, 0.4) is 0 Å². The molecule has 0 spiro atoms. The predicted octanol–water partition coefficient (Wildman–Crippen LogP) is 3.90. The fourth-order valence-electron chi connectivity index (χ4n) is 1.62. The van der Waals surface area contributed by atoms with Gasteiger partial charge in [-0.2, -0.15) is 0 Å². The summed E-state index contributed by atoms with van der Waals surface area (Å²) in [5.74, 6) is -0.430. The van der Waals surface area contributed by atoms with Gasteiger partial charge in [0.2, 0.25) is 0 Å². The predicted molar refractivity (Wildman–Crippen MR) is 78.7 cm³/mol. The minimum atomic E-state index is -0.430. The summed E-state index contributed by atoms with van der Waals surface area (Å²) in [7, 11) is 0. The van der Waals surface area contributed by atoms with Crippen molar-refractivity contribution in [2.75, 3.05) is 5.73 Å². The summed E-state index contributed by atoms with van der Waals surface area (Å²) >= 11 is 7.43. The Morgan fingerprint density at radius 3 is 2.68 bits per heavy atom. The Bertz CT molecular complexity index is 595. The van der Waals surface area contributed by atoms with E-state index in [4.69, 9.17) is 22.1 Å². The average molecular weight is 296 g/mol. The van der Waals surface area contributed by atoms with Gasteiger partial charge < -0.3 is 10.5 Å². The van der Waals surface area contributed by atoms with E-state index in [-0.39, 0.29) is 6.61 Å². The van der Waals surface area contributed by atoms with Crippen LogP contribution < -0.4 is 5.73 Å². The molecule has 0 unspecified atom stereocenters. The van der Waals surface area contributed by atoms with Crippen molar-refractivity contribution in [3.63, 3.8) is 0 Å². The molecule has 0 saturated carbocycles. The van der Waals surface area contributed by atoms with Crippen LogP contribution in [0.5, 0.6) is 0 Å². The van der Waals surface area contributed by atoms with E-state index >= 15 is 0 Å². The molecule has 2 rings (SSSR count). The maximum absolute atomic E-state index is 11.9. The van der Waals surface area contributed by atoms with Crippen LogP contribution in [0.25, 0.3) is 0 Å². The Kier molecular flexibility index (Phi) is 4.45. The molecular formula is C14H14ClNO2S. The van der Waals surface area contributed by atoms with Gasteiger partial charge in [-0.3, -0.25) is 0 Å². The molecule has 0 radical (unpaired) electrons. The molecule has 0 aliphatic heterocycles. The highest BCUT2D eigenvalue weighted by molar-refractivity contribution is 7.11. The van der Waals surface area contributed by atoms with Crippen LogP contribution in [0, 0.1) is 0 Å². The topological polar surface area (TPSA) is 52.3 Å². The summed E-state index contributed by atoms with van der Waals surface area (Å²) in [5, 5.41) is 0.500. The van der Waals surface area contributed by atoms with Crippen LogP contribution in [0.4, 0.5) is 5.69 Å². The molecule has 0 saturated heterocycles. The van der Waals surface area contributed by atoms with Gasteiger partial charge in [-0.1, -0.05) is 18.5 Å². The lowest BCUT2D eigenvalue weighted by Crippen LogP contribution is -2.07. The van der Waals surface area contributed by atoms with Crippen LogP contribution in [-0.2, 0) is 17.8 Å². The molecule has 0 aliphatic rings. The number of hydrogen-bond acceptors (Lipinski definition) is 4. The van der Waals surface area contributed by atoms with E-state index in [2.05, 4.69) is 6.92 Å². The number of benzene rings is 1. The fourth-order valence-corrected chi connectivity index (χ4v) is 2.68. The largest absolute Gasteiger partial charge is 0.456 e. The highest BCUT2D eigenvalue weighted by Crippen LogP contribution is 2.21. The number of aryl methyl sites for hydroxylation is 1. The Morgan fingerprint density at radius 1 is 1.32 bits per heavy atom. The molecule has 0 aliphatic carbocycles. The van der Waals surface area contributed by atoms with Gasteiger partial charge in [-0.15, -0.1) is 11.3 Å². The molecule has 0 bridgehead atoms. The van der Waals surface area contributed by atoms with Gasteiger partial charge in [-0.05, 0) is 36.8 Å². The molecule has 0 atom stereocenters. The van der Waals surface area contributed by atoms with Crippen LogP contribution in [0.2, 0.25) is 5.02 Å². The second kappa shape index (κ2) is 6.08. The summed E-state index contributed by atoms with van der Waals surface area (Å²) in [5.41, 5.74) is 6.41. The number of anilines is 1. The molecule has 1 aromatic carbocycles. The van der Waals surface area contributed by atoms with Gasteiger partial charge in [0, 0.05) is 20.5 Å². The van der Waals surface area contributed by atoms with Crippen molar-refractivity contribution in [2.45, 2.75) is 20.0 Å². The van der Waals surface area contributed by atoms with Gasteiger partial charge in [0.05, 0.1) is 5.56 Å². The Morgan fingerprint density at radius 2 is 2.05 bits per heavy atom. The van der Waals surface area contributed by atoms with E-state index in [1.54, 1.807) is 29.5 Å². The Balaban J connectivity index is 2.01. The summed E-state index contributed by atoms with van der Waals surface area (Å²) in [6, 6.07) is 8.76. The quantitative estimate of drug-likeness (QED) is 0.687. The van der Waals surface area contributed by atoms with E-state index in [0.29, 0.717) is 16.3 Å². The van der Waals surface area contributed by atoms with Crippen molar-refractivity contribution >= 4 is 34.6 Å². The zero-order chi connectivity index (χ0) is 13.8. The standard InChI is InChI=1S/C14H14ClNO2S/c1-2-10-4-5-11(19-10)8-18-14(17)12-6-3-9(15)7-13(12)16/h3-7H,2,8,16H2,1H3. The van der Waals surface area contributed by atoms with Crippen LogP contribution >= 0.6 is 22.9 Å². The SMILES string of the molecule is CCc1ccc(COC(=O)c2ccc(Cl)cc2N)s1. The first-order valence-electron chi connectivity index (χ1n) is 5.90. The molecule has 1 heterocycles. The minimum Gasteiger partial charge on any atom is -0.456 e. The highest BCUT2D eigenvalue weighted by atomic mass is 35.5. The number of nitrogens with two attached hydrogens (primary N) is 1. The molecule has 100 valence electrons. The van der Waals surface area contributed by atoms with Gasteiger partial charge in [0.25, 0.3) is 0 Å². The fraction of sp³-hybridized carbons (Fsp3) is 0.214. The van der Waals surface area contributed by atoms with E-state index in [9.17, 15) is 4.79 Å². The Hall–Kier alpha value is -1.52. The van der Waals surface area contributed by atoms with Gasteiger partial charge in [0.1, 0.15) is 6.61 Å². The lowest BCUT2D eigenvalue weighted by atomic mass is 10.2. The van der Waals surface area contributed by atoms with Crippen LogP contribution in [0.1, 0.15) is 27.0 Å². The van der Waals surface area contributed by atoms with Crippen molar-refractivity contribution in [2.24, 2.45) is 0 Å². The lowest BCUT2D eigenvalue weighted by Gasteiger charge is -2.06. The van der Waals surface area contributed by atoms with E-state index in [0.717, 1.165) is 11.3 Å². The first-order valence-corrected chi connectivity index (χ1v) is 7.09. The monoisotopic (exact) mass is 295 g/mol. The smallest absolute Gasteiger partial charge is 0.340 e. The maximum atomic E-state index is 11.9. The third-order valence-electron chi connectivity index (χ3n) is 2.64. The zero-order valence-corrected chi connectivity index (χ0v) is 12.1. The number of nitrogen functional groups attached to an aromatic ring is 1. The summed E-state index contributed by atoms with van der Waals surface area (Å²) < 4.78 is 5.24. The van der Waals surface area contributed by atoms with E-state index in [1.165, 1.54) is 4.88 Å². The van der Waals surface area contributed by atoms with Crippen molar-refractivity contribution in [1.82, 2.24) is 0 Å². The van der Waals surface area contributed by atoms with E-state index in [1.807, 2.05) is 12.1 Å². The summed E-state index contributed by atoms with van der Waals surface area (Å²) in [4.78, 5) is 14.2. The normalized spacial score (nSPS) is 10.4. The molecule has 2 aromatic rings. The molecule has 5 heteroatoms. The molecule has 1 aromatic heterocycles. The molecule has 19 heavy (non-hydrogen) atoms. The number of carbonyl (C=O) groups excluding carboxylic acids is 1. The number of carbonyl (C=O) groups is 1. The van der Waals surface area contributed by atoms with Crippen molar-refractivity contribution < 1.29 is 9.53 Å². The summed E-state index contributed by atoms with van der Waals surface area (Å²) in [6.45, 7) is 2.36. The third-order valence-corrected chi connectivity index (χ3v) is 4.08. The number of thiophene rings is 1. The number of halogens is 1. The van der Waals surface area contributed by atoms with Crippen molar-refractivity contribution in [3.05, 3.63) is 50.7 Å². The molecule has 0 amide bonds. The van der Waals surface area contributed by atoms with Gasteiger partial charge >= 0.3 is 5.97 Å². The molecule has 3 nitrogen and oxygen atoms in total. The first-order chi connectivity index (χ1) is 9.10. The van der Waals surface area contributed by atoms with E-state index < -0.39 is 5.97 Å². The Labute approximate surface area is 121 Å². The van der Waals surface area contributed by atoms with Crippen molar-refractivity contribution in [1.29, 1.82) is 0 Å². The second-order valence-electron chi connectivity index (χ2n) is 4.03. The van der Waals surface area contributed by atoms with Gasteiger partial charge in [0.15, 0.2) is 0 Å². The molecule has 0 fully saturated rings. The first kappa shape index (κ1) is 13.9. The number of esters is 1. The third kappa shape index (κ3) is 3.49. The lowest BCUT2D eigenvalue weighted by molar-refractivity contribution is 0.0478. The number of hydrogen-bond donors (Lipinski definition) is 1. The molecular weight excluding hydrogens is 282 g/mol. The average Bonchev–Trinajstić information content (AvgIpc) is 2.84. The summed E-state index contributed by atoms with van der Waals surface area (Å²) in [6.07, 6.45) is 0.989. The maximum Gasteiger partial charge on any atom is 0.340 e. The van der Waals surface area contributed by atoms with Crippen molar-refractivity contribution in [3.8, 4) is 0 Å². The second-order valence-corrected chi connectivity index (χ2v) is 5.72. The number of ether oxygens (including phenoxy) is 1.